The summed E-state index contributed by atoms with van der Waals surface area (Å²) in [5, 5.41) is 6.00. The lowest BCUT2D eigenvalue weighted by Crippen LogP contribution is -2.54. The number of carbonyl (C=O) groups excluding carboxylic acids is 3. The van der Waals surface area contributed by atoms with E-state index < -0.39 is 11.9 Å². The Morgan fingerprint density at radius 1 is 1.09 bits per heavy atom. The second kappa shape index (κ2) is 12.4. The van der Waals surface area contributed by atoms with Gasteiger partial charge in [0.2, 0.25) is 5.91 Å². The van der Waals surface area contributed by atoms with Crippen LogP contribution < -0.4 is 15.4 Å². The van der Waals surface area contributed by atoms with Crippen molar-refractivity contribution in [3.05, 3.63) is 64.7 Å². The van der Waals surface area contributed by atoms with Gasteiger partial charge in [0.1, 0.15) is 11.8 Å². The molecule has 8 nitrogen and oxygen atoms in total. The molecule has 1 heterocycles. The van der Waals surface area contributed by atoms with Gasteiger partial charge in [0.15, 0.2) is 0 Å². The molecular weight excluding hydrogens is 458 g/mol. The fraction of sp³-hybridized carbons (Fsp3) is 0.400. The van der Waals surface area contributed by atoms with Crippen LogP contribution >= 0.6 is 11.6 Å². The number of nitrogens with one attached hydrogen (secondary N) is 2. The molecule has 0 aromatic heterocycles. The molecule has 0 aliphatic carbocycles. The summed E-state index contributed by atoms with van der Waals surface area (Å²) >= 11 is 6.17. The van der Waals surface area contributed by atoms with Crippen molar-refractivity contribution in [1.29, 1.82) is 0 Å². The lowest BCUT2D eigenvalue weighted by Gasteiger charge is -2.36. The zero-order valence-corrected chi connectivity index (χ0v) is 20.1. The summed E-state index contributed by atoms with van der Waals surface area (Å²) in [4.78, 5) is 40.6. The van der Waals surface area contributed by atoms with Gasteiger partial charge < -0.3 is 25.0 Å². The van der Waals surface area contributed by atoms with E-state index in [0.29, 0.717) is 61.0 Å². The van der Waals surface area contributed by atoms with E-state index in [1.165, 1.54) is 0 Å². The summed E-state index contributed by atoms with van der Waals surface area (Å²) in [6, 6.07) is 13.0. The van der Waals surface area contributed by atoms with Crippen molar-refractivity contribution in [2.75, 3.05) is 40.5 Å². The van der Waals surface area contributed by atoms with E-state index >= 15 is 0 Å². The summed E-state index contributed by atoms with van der Waals surface area (Å²) in [7, 11) is 3.11. The number of nitrogens with zero attached hydrogens (tertiary/aromatic N) is 1. The Balaban J connectivity index is 1.69. The van der Waals surface area contributed by atoms with Crippen LogP contribution in [-0.4, -0.2) is 69.1 Å². The number of carbonyl (C=O) groups is 3. The van der Waals surface area contributed by atoms with E-state index in [0.717, 1.165) is 0 Å². The molecule has 3 amide bonds. The van der Waals surface area contributed by atoms with E-state index in [1.54, 1.807) is 67.7 Å². The summed E-state index contributed by atoms with van der Waals surface area (Å²) in [5.41, 5.74) is 0.864. The first kappa shape index (κ1) is 25.5. The summed E-state index contributed by atoms with van der Waals surface area (Å²) in [6.45, 7) is 1.65. The number of amides is 3. The largest absolute Gasteiger partial charge is 0.497 e. The van der Waals surface area contributed by atoms with Crippen LogP contribution in [-0.2, 0) is 9.53 Å². The lowest BCUT2D eigenvalue weighted by atomic mass is 9.88. The molecule has 34 heavy (non-hydrogen) atoms. The fourth-order valence-corrected chi connectivity index (χ4v) is 4.24. The van der Waals surface area contributed by atoms with Crippen molar-refractivity contribution in [1.82, 2.24) is 15.5 Å². The van der Waals surface area contributed by atoms with Crippen molar-refractivity contribution in [2.45, 2.75) is 18.9 Å². The lowest BCUT2D eigenvalue weighted by molar-refractivity contribution is -0.124. The van der Waals surface area contributed by atoms with Crippen molar-refractivity contribution < 1.29 is 23.9 Å². The first-order valence-electron chi connectivity index (χ1n) is 11.2. The van der Waals surface area contributed by atoms with Gasteiger partial charge in [0.05, 0.1) is 24.3 Å². The Kier molecular flexibility index (Phi) is 9.30. The molecule has 2 aromatic carbocycles. The van der Waals surface area contributed by atoms with Crippen LogP contribution in [0.25, 0.3) is 0 Å². The quantitative estimate of drug-likeness (QED) is 0.530. The molecule has 1 fully saturated rings. The zero-order chi connectivity index (χ0) is 24.5. The third kappa shape index (κ3) is 6.48. The minimum Gasteiger partial charge on any atom is -0.497 e. The highest BCUT2D eigenvalue weighted by molar-refractivity contribution is 6.33. The normalized spacial score (nSPS) is 14.9. The van der Waals surface area contributed by atoms with Crippen LogP contribution in [0.2, 0.25) is 5.02 Å². The Bertz CT molecular complexity index is 1010. The topological polar surface area (TPSA) is 97.0 Å². The third-order valence-corrected chi connectivity index (χ3v) is 6.24. The van der Waals surface area contributed by atoms with E-state index in [4.69, 9.17) is 21.1 Å². The molecular formula is C25H30ClN3O5. The molecule has 1 saturated heterocycles. The van der Waals surface area contributed by atoms with Crippen LogP contribution in [0.15, 0.2) is 48.5 Å². The van der Waals surface area contributed by atoms with Gasteiger partial charge in [-0.2, -0.15) is 0 Å². The molecule has 3 rings (SSSR count). The number of piperidine rings is 1. The first-order valence-corrected chi connectivity index (χ1v) is 11.6. The van der Waals surface area contributed by atoms with E-state index in [2.05, 4.69) is 10.6 Å². The van der Waals surface area contributed by atoms with Gasteiger partial charge in [-0.05, 0) is 49.1 Å². The minimum absolute atomic E-state index is 0.0847. The molecule has 9 heteroatoms. The van der Waals surface area contributed by atoms with Crippen LogP contribution in [0, 0.1) is 5.92 Å². The number of rotatable bonds is 9. The van der Waals surface area contributed by atoms with E-state index in [1.807, 2.05) is 0 Å². The van der Waals surface area contributed by atoms with Gasteiger partial charge in [-0.3, -0.25) is 14.4 Å². The molecule has 1 unspecified atom stereocenters. The second-order valence-corrected chi connectivity index (χ2v) is 8.48. The molecule has 1 atom stereocenters. The fourth-order valence-electron chi connectivity index (χ4n) is 4.02. The molecule has 1 aliphatic rings. The van der Waals surface area contributed by atoms with Crippen LogP contribution in [0.3, 0.4) is 0 Å². The maximum atomic E-state index is 13.0. The number of halogens is 1. The molecule has 2 N–H and O–H groups in total. The Morgan fingerprint density at radius 3 is 2.50 bits per heavy atom. The molecule has 1 aliphatic heterocycles. The Labute approximate surface area is 204 Å². The Morgan fingerprint density at radius 2 is 1.82 bits per heavy atom. The van der Waals surface area contributed by atoms with E-state index in [9.17, 15) is 14.4 Å². The maximum absolute atomic E-state index is 13.0. The van der Waals surface area contributed by atoms with Gasteiger partial charge in [0, 0.05) is 32.3 Å². The molecule has 2 aromatic rings. The molecule has 182 valence electrons. The van der Waals surface area contributed by atoms with Crippen molar-refractivity contribution >= 4 is 29.3 Å². The third-order valence-electron chi connectivity index (χ3n) is 5.91. The highest BCUT2D eigenvalue weighted by atomic mass is 35.5. The average molecular weight is 488 g/mol. The molecule has 0 radical (unpaired) electrons. The van der Waals surface area contributed by atoms with Gasteiger partial charge in [-0.25, -0.2) is 0 Å². The second-order valence-electron chi connectivity index (χ2n) is 8.08. The predicted octanol–water partition coefficient (Wildman–Crippen LogP) is 2.76. The monoisotopic (exact) mass is 487 g/mol. The van der Waals surface area contributed by atoms with Gasteiger partial charge in [0.25, 0.3) is 11.8 Å². The standard InChI is InChI=1S/C25H30ClN3O5/c1-33-15-12-27-24(31)22(28-23(30)20-8-3-4-9-21(20)26)17-10-13-29(14-11-17)25(32)18-6-5-7-19(16-18)34-2/h3-9,16-17,22H,10-15H2,1-2H3,(H,27,31)(H,28,30). The van der Waals surface area contributed by atoms with Crippen molar-refractivity contribution in [3.8, 4) is 5.75 Å². The summed E-state index contributed by atoms with van der Waals surface area (Å²) in [6.07, 6.45) is 1.14. The average Bonchev–Trinajstić information content (AvgIpc) is 2.87. The van der Waals surface area contributed by atoms with Crippen molar-refractivity contribution in [3.63, 3.8) is 0 Å². The van der Waals surface area contributed by atoms with Crippen LogP contribution in [0.4, 0.5) is 0 Å². The Hall–Kier alpha value is -3.10. The number of ether oxygens (including phenoxy) is 2. The highest BCUT2D eigenvalue weighted by Crippen LogP contribution is 2.24. The minimum atomic E-state index is -0.755. The van der Waals surface area contributed by atoms with Gasteiger partial charge >= 0.3 is 0 Å². The molecule has 0 saturated carbocycles. The first-order chi connectivity index (χ1) is 16.4. The van der Waals surface area contributed by atoms with Crippen LogP contribution in [0.5, 0.6) is 5.75 Å². The van der Waals surface area contributed by atoms with Crippen molar-refractivity contribution in [2.24, 2.45) is 5.92 Å². The van der Waals surface area contributed by atoms with Gasteiger partial charge in [-0.15, -0.1) is 0 Å². The SMILES string of the molecule is COCCNC(=O)C(NC(=O)c1ccccc1Cl)C1CCN(C(=O)c2cccc(OC)c2)CC1. The predicted molar refractivity (Wildman–Crippen MR) is 129 cm³/mol. The number of hydrogen-bond donors (Lipinski definition) is 2. The number of likely N-dealkylation sites (tertiary alicyclic amines) is 1. The summed E-state index contributed by atoms with van der Waals surface area (Å²) in [5.74, 6) is -0.292. The zero-order valence-electron chi connectivity index (χ0n) is 19.4. The summed E-state index contributed by atoms with van der Waals surface area (Å²) < 4.78 is 10.2. The maximum Gasteiger partial charge on any atom is 0.253 e. The van der Waals surface area contributed by atoms with Crippen LogP contribution in [0.1, 0.15) is 33.6 Å². The number of benzene rings is 2. The van der Waals surface area contributed by atoms with Gasteiger partial charge in [-0.1, -0.05) is 29.8 Å². The smallest absolute Gasteiger partial charge is 0.253 e. The number of hydrogen-bond acceptors (Lipinski definition) is 5. The molecule has 0 spiro atoms. The number of methoxy groups -OCH3 is 2. The molecule has 0 bridgehead atoms. The van der Waals surface area contributed by atoms with E-state index in [-0.39, 0.29) is 17.7 Å². The highest BCUT2D eigenvalue weighted by Gasteiger charge is 2.34.